The summed E-state index contributed by atoms with van der Waals surface area (Å²) in [4.78, 5) is 10.3. The molecule has 0 radical (unpaired) electrons. The first-order valence-electron chi connectivity index (χ1n) is 8.01. The van der Waals surface area contributed by atoms with E-state index in [0.29, 0.717) is 13.2 Å². The highest BCUT2D eigenvalue weighted by Crippen LogP contribution is 2.39. The first-order chi connectivity index (χ1) is 10.2. The van der Waals surface area contributed by atoms with Gasteiger partial charge in [-0.15, -0.1) is 0 Å². The van der Waals surface area contributed by atoms with Crippen molar-refractivity contribution in [2.75, 3.05) is 13.2 Å². The van der Waals surface area contributed by atoms with E-state index in [0.717, 1.165) is 42.0 Å². The molecule has 126 valence electrons. The van der Waals surface area contributed by atoms with Crippen LogP contribution in [0.25, 0.3) is 0 Å². The number of nitrogens with two attached hydrogens (primary N) is 1. The van der Waals surface area contributed by atoms with Gasteiger partial charge in [0.05, 0.1) is 6.61 Å². The van der Waals surface area contributed by atoms with Gasteiger partial charge in [-0.25, -0.2) is 0 Å². The lowest BCUT2D eigenvalue weighted by molar-refractivity contribution is 0.291. The number of benzene rings is 1. The van der Waals surface area contributed by atoms with Gasteiger partial charge in [0.1, 0.15) is 5.75 Å². The van der Waals surface area contributed by atoms with Crippen LogP contribution in [0.2, 0.25) is 23.2 Å². The molecule has 0 aliphatic rings. The van der Waals surface area contributed by atoms with Crippen LogP contribution in [0.1, 0.15) is 38.7 Å². The zero-order valence-electron chi connectivity index (χ0n) is 14.3. The third kappa shape index (κ3) is 5.92. The molecule has 0 spiro atoms. The Labute approximate surface area is 141 Å². The molecule has 0 saturated carbocycles. The Hall–Kier alpha value is -0.553. The second-order valence-corrected chi connectivity index (χ2v) is 11.9. The van der Waals surface area contributed by atoms with E-state index < -0.39 is 8.32 Å². The standard InChI is InChI=1S/C17H30ClNO2Si/c1-17(2,22(3,4)20)10-6-12-21-16-9-8-15(18)13-14(16)7-5-11-19/h8-9,13,20H,5-7,10-12,19H2,1-4H3. The van der Waals surface area contributed by atoms with Gasteiger partial charge in [0.25, 0.3) is 0 Å². The van der Waals surface area contributed by atoms with Crippen molar-refractivity contribution in [3.63, 3.8) is 0 Å². The number of rotatable bonds is 9. The quantitative estimate of drug-likeness (QED) is 0.517. The molecule has 1 rings (SSSR count). The van der Waals surface area contributed by atoms with Crippen LogP contribution in [0.4, 0.5) is 0 Å². The van der Waals surface area contributed by atoms with Crippen molar-refractivity contribution in [1.29, 1.82) is 0 Å². The van der Waals surface area contributed by atoms with E-state index in [9.17, 15) is 4.80 Å². The van der Waals surface area contributed by atoms with E-state index in [-0.39, 0.29) is 5.04 Å². The van der Waals surface area contributed by atoms with Crippen LogP contribution in [0, 0.1) is 0 Å². The second kappa shape index (κ2) is 8.34. The number of hydrogen-bond donors (Lipinski definition) is 2. The molecule has 0 unspecified atom stereocenters. The van der Waals surface area contributed by atoms with Crippen molar-refractivity contribution in [3.05, 3.63) is 28.8 Å². The smallest absolute Gasteiger partial charge is 0.188 e. The summed E-state index contributed by atoms with van der Waals surface area (Å²) in [7, 11) is -2.14. The summed E-state index contributed by atoms with van der Waals surface area (Å²) in [6.45, 7) is 9.61. The Balaban J connectivity index is 2.55. The van der Waals surface area contributed by atoms with Crippen molar-refractivity contribution < 1.29 is 9.53 Å². The van der Waals surface area contributed by atoms with Crippen LogP contribution >= 0.6 is 11.6 Å². The summed E-state index contributed by atoms with van der Waals surface area (Å²) in [5, 5.41) is 0.729. The molecular formula is C17H30ClNO2Si. The molecule has 0 saturated heterocycles. The molecule has 0 aliphatic carbocycles. The van der Waals surface area contributed by atoms with Gasteiger partial charge in [-0.05, 0) is 74.1 Å². The van der Waals surface area contributed by atoms with Gasteiger partial charge in [0.15, 0.2) is 8.32 Å². The molecule has 0 bridgehead atoms. The van der Waals surface area contributed by atoms with Crippen molar-refractivity contribution in [1.82, 2.24) is 0 Å². The largest absolute Gasteiger partial charge is 0.493 e. The minimum absolute atomic E-state index is 0.00125. The van der Waals surface area contributed by atoms with Crippen molar-refractivity contribution >= 4 is 19.9 Å². The Morgan fingerprint density at radius 3 is 2.55 bits per heavy atom. The van der Waals surface area contributed by atoms with Crippen LogP contribution in [0.15, 0.2) is 18.2 Å². The summed E-state index contributed by atoms with van der Waals surface area (Å²) < 4.78 is 5.93. The summed E-state index contributed by atoms with van der Waals surface area (Å²) in [5.41, 5.74) is 6.70. The van der Waals surface area contributed by atoms with Crippen LogP contribution < -0.4 is 10.5 Å². The van der Waals surface area contributed by atoms with E-state index in [1.165, 1.54) is 0 Å². The number of hydrogen-bond acceptors (Lipinski definition) is 3. The minimum atomic E-state index is -2.14. The van der Waals surface area contributed by atoms with Crippen LogP contribution in [-0.4, -0.2) is 26.3 Å². The highest BCUT2D eigenvalue weighted by molar-refractivity contribution is 6.72. The zero-order chi connectivity index (χ0) is 16.8. The van der Waals surface area contributed by atoms with Gasteiger partial charge >= 0.3 is 0 Å². The van der Waals surface area contributed by atoms with Gasteiger partial charge in [-0.3, -0.25) is 0 Å². The monoisotopic (exact) mass is 343 g/mol. The SMILES string of the molecule is CC(C)(CCCOc1ccc(Cl)cc1CCCN)[Si](C)(C)O. The predicted molar refractivity (Wildman–Crippen MR) is 97.3 cm³/mol. The summed E-state index contributed by atoms with van der Waals surface area (Å²) in [6, 6.07) is 5.75. The van der Waals surface area contributed by atoms with Crippen molar-refractivity contribution in [2.24, 2.45) is 5.73 Å². The molecule has 0 amide bonds. The molecule has 1 aromatic rings. The zero-order valence-corrected chi connectivity index (χ0v) is 16.0. The molecule has 0 aromatic heterocycles. The first kappa shape index (κ1) is 19.5. The lowest BCUT2D eigenvalue weighted by Crippen LogP contribution is -2.39. The molecule has 1 aromatic carbocycles. The Bertz CT molecular complexity index is 472. The Morgan fingerprint density at radius 2 is 1.95 bits per heavy atom. The van der Waals surface area contributed by atoms with E-state index in [2.05, 4.69) is 13.8 Å². The molecule has 22 heavy (non-hydrogen) atoms. The van der Waals surface area contributed by atoms with Gasteiger partial charge in [-0.2, -0.15) is 0 Å². The van der Waals surface area contributed by atoms with Crippen molar-refractivity contribution in [2.45, 2.75) is 57.7 Å². The fourth-order valence-corrected chi connectivity index (χ4v) is 3.16. The molecule has 3 N–H and O–H groups in total. The van der Waals surface area contributed by atoms with E-state index in [1.54, 1.807) is 0 Å². The fraction of sp³-hybridized carbons (Fsp3) is 0.647. The lowest BCUT2D eigenvalue weighted by atomic mass is 10.1. The minimum Gasteiger partial charge on any atom is -0.493 e. The Morgan fingerprint density at radius 1 is 1.27 bits per heavy atom. The van der Waals surface area contributed by atoms with Gasteiger partial charge in [0, 0.05) is 5.02 Å². The van der Waals surface area contributed by atoms with Crippen molar-refractivity contribution in [3.8, 4) is 5.75 Å². The maximum atomic E-state index is 10.3. The fourth-order valence-electron chi connectivity index (χ4n) is 2.18. The van der Waals surface area contributed by atoms with Gasteiger partial charge in [-0.1, -0.05) is 25.4 Å². The molecule has 3 nitrogen and oxygen atoms in total. The molecule has 0 aliphatic heterocycles. The average Bonchev–Trinajstić information content (AvgIpc) is 2.41. The molecular weight excluding hydrogens is 314 g/mol. The van der Waals surface area contributed by atoms with Gasteiger partial charge < -0.3 is 15.3 Å². The van der Waals surface area contributed by atoms with E-state index in [1.807, 2.05) is 31.3 Å². The Kier molecular flexibility index (Phi) is 7.39. The van der Waals surface area contributed by atoms with Gasteiger partial charge in [0.2, 0.25) is 0 Å². The van der Waals surface area contributed by atoms with E-state index >= 15 is 0 Å². The molecule has 0 atom stereocenters. The third-order valence-electron chi connectivity index (χ3n) is 4.53. The van der Waals surface area contributed by atoms with Crippen LogP contribution in [0.3, 0.4) is 0 Å². The summed E-state index contributed by atoms with van der Waals surface area (Å²) in [6.07, 6.45) is 3.71. The molecule has 0 fully saturated rings. The highest BCUT2D eigenvalue weighted by Gasteiger charge is 2.37. The lowest BCUT2D eigenvalue weighted by Gasteiger charge is -2.35. The maximum Gasteiger partial charge on any atom is 0.188 e. The van der Waals surface area contributed by atoms with Crippen LogP contribution in [-0.2, 0) is 6.42 Å². The van der Waals surface area contributed by atoms with E-state index in [4.69, 9.17) is 22.1 Å². The number of aryl methyl sites for hydroxylation is 1. The predicted octanol–water partition coefficient (Wildman–Crippen LogP) is 4.37. The number of halogens is 1. The highest BCUT2D eigenvalue weighted by atomic mass is 35.5. The van der Waals surface area contributed by atoms with Crippen LogP contribution in [0.5, 0.6) is 5.75 Å². The normalized spacial score (nSPS) is 12.5. The second-order valence-electron chi connectivity index (χ2n) is 7.04. The molecule has 5 heteroatoms. The molecule has 0 heterocycles. The third-order valence-corrected chi connectivity index (χ3v) is 8.33. The average molecular weight is 344 g/mol. The summed E-state index contributed by atoms with van der Waals surface area (Å²) >= 11 is 6.06. The first-order valence-corrected chi connectivity index (χ1v) is 11.3. The summed E-state index contributed by atoms with van der Waals surface area (Å²) in [5.74, 6) is 0.899. The topological polar surface area (TPSA) is 55.5 Å². The maximum absolute atomic E-state index is 10.3. The number of ether oxygens (including phenoxy) is 1.